The standard InChI is InChI=1S/C52H63NO9/c1-4-44(56-32-39-20-10-5-11-21-39)45(57-33-40-22-12-6-13-23-40)30-31-55-52-50(60-36-43-28-18-9-19-29-43)49(59-35-42-26-16-8-17-27-42)48(58-34-41-24-14-7-15-25-41)46(62-52)37-61-51(54)47(53)38(2)3/h5-29,38,44-50,52H,4,30-37,53H2,1-3H3/t44-,45+,46-,47+,48+,49+,50-,52+/m1/s1. The third-order valence-corrected chi connectivity index (χ3v) is 10.9. The molecule has 0 radical (unpaired) electrons. The highest BCUT2D eigenvalue weighted by Crippen LogP contribution is 2.32. The van der Waals surface area contributed by atoms with E-state index in [1.54, 1.807) is 0 Å². The number of ether oxygens (including phenoxy) is 8. The molecule has 10 nitrogen and oxygen atoms in total. The highest BCUT2D eigenvalue weighted by Gasteiger charge is 2.49. The lowest BCUT2D eigenvalue weighted by Crippen LogP contribution is -2.62. The van der Waals surface area contributed by atoms with Crippen LogP contribution >= 0.6 is 0 Å². The van der Waals surface area contributed by atoms with Crippen molar-refractivity contribution in [1.29, 1.82) is 0 Å². The third-order valence-electron chi connectivity index (χ3n) is 10.9. The largest absolute Gasteiger partial charge is 0.462 e. The van der Waals surface area contributed by atoms with Crippen molar-refractivity contribution in [2.24, 2.45) is 11.7 Å². The first-order chi connectivity index (χ1) is 30.4. The minimum absolute atomic E-state index is 0.116. The van der Waals surface area contributed by atoms with Crippen molar-refractivity contribution >= 4 is 5.97 Å². The van der Waals surface area contributed by atoms with Crippen molar-refractivity contribution in [2.45, 2.75) is 116 Å². The molecule has 0 unspecified atom stereocenters. The van der Waals surface area contributed by atoms with Crippen LogP contribution in [0.15, 0.2) is 152 Å². The van der Waals surface area contributed by atoms with Crippen LogP contribution in [0.3, 0.4) is 0 Å². The highest BCUT2D eigenvalue weighted by molar-refractivity contribution is 5.75. The van der Waals surface area contributed by atoms with Crippen LogP contribution in [0, 0.1) is 5.92 Å². The van der Waals surface area contributed by atoms with E-state index in [-0.39, 0.29) is 51.2 Å². The van der Waals surface area contributed by atoms with Gasteiger partial charge in [-0.05, 0) is 46.6 Å². The number of rotatable bonds is 25. The van der Waals surface area contributed by atoms with Gasteiger partial charge in [0.2, 0.25) is 0 Å². The molecule has 0 bridgehead atoms. The monoisotopic (exact) mass is 845 g/mol. The first-order valence-corrected chi connectivity index (χ1v) is 21.8. The summed E-state index contributed by atoms with van der Waals surface area (Å²) in [6, 6.07) is 49.2. The van der Waals surface area contributed by atoms with E-state index < -0.39 is 42.7 Å². The summed E-state index contributed by atoms with van der Waals surface area (Å²) in [6.07, 6.45) is -3.25. The Bertz CT molecular complexity index is 1960. The van der Waals surface area contributed by atoms with Crippen molar-refractivity contribution in [1.82, 2.24) is 0 Å². The Morgan fingerprint density at radius 3 is 1.39 bits per heavy atom. The van der Waals surface area contributed by atoms with Gasteiger partial charge in [0.1, 0.15) is 37.1 Å². The van der Waals surface area contributed by atoms with Crippen LogP contribution in [0.2, 0.25) is 0 Å². The van der Waals surface area contributed by atoms with E-state index in [2.05, 4.69) is 31.2 Å². The molecule has 1 aliphatic rings. The Morgan fingerprint density at radius 2 is 0.952 bits per heavy atom. The van der Waals surface area contributed by atoms with Crippen LogP contribution in [-0.4, -0.2) is 68.1 Å². The van der Waals surface area contributed by atoms with Gasteiger partial charge >= 0.3 is 5.97 Å². The second-order valence-electron chi connectivity index (χ2n) is 16.0. The molecule has 8 atom stereocenters. The maximum absolute atomic E-state index is 13.2. The Kier molecular flexibility index (Phi) is 19.1. The van der Waals surface area contributed by atoms with E-state index in [0.29, 0.717) is 19.6 Å². The van der Waals surface area contributed by atoms with Crippen molar-refractivity contribution in [3.63, 3.8) is 0 Å². The van der Waals surface area contributed by atoms with Gasteiger partial charge in [0, 0.05) is 0 Å². The lowest BCUT2D eigenvalue weighted by atomic mass is 9.97. The zero-order chi connectivity index (χ0) is 43.4. The normalized spacial score (nSPS) is 20.4. The zero-order valence-corrected chi connectivity index (χ0v) is 36.2. The highest BCUT2D eigenvalue weighted by atomic mass is 16.7. The topological polar surface area (TPSA) is 117 Å². The smallest absolute Gasteiger partial charge is 0.323 e. The summed E-state index contributed by atoms with van der Waals surface area (Å²) in [5.41, 5.74) is 11.3. The summed E-state index contributed by atoms with van der Waals surface area (Å²) in [7, 11) is 0. The van der Waals surface area contributed by atoms with Gasteiger partial charge in [-0.25, -0.2) is 0 Å². The third kappa shape index (κ3) is 14.7. The Balaban J connectivity index is 1.28. The maximum Gasteiger partial charge on any atom is 0.323 e. The fourth-order valence-corrected chi connectivity index (χ4v) is 7.27. The van der Waals surface area contributed by atoms with E-state index in [9.17, 15) is 4.79 Å². The molecule has 0 spiro atoms. The summed E-state index contributed by atoms with van der Waals surface area (Å²) < 4.78 is 53.0. The van der Waals surface area contributed by atoms with Crippen LogP contribution in [0.1, 0.15) is 61.4 Å². The molecule has 0 amide bonds. The fourth-order valence-electron chi connectivity index (χ4n) is 7.27. The van der Waals surface area contributed by atoms with Gasteiger partial charge in [0.05, 0.1) is 51.8 Å². The summed E-state index contributed by atoms with van der Waals surface area (Å²) in [5.74, 6) is -0.638. The van der Waals surface area contributed by atoms with Crippen LogP contribution in [0.4, 0.5) is 0 Å². The molecule has 0 aliphatic carbocycles. The zero-order valence-electron chi connectivity index (χ0n) is 36.2. The summed E-state index contributed by atoms with van der Waals surface area (Å²) in [5, 5.41) is 0. The Labute approximate surface area is 367 Å². The molecule has 1 heterocycles. The number of nitrogens with two attached hydrogens (primary N) is 1. The first kappa shape index (κ1) is 46.7. The van der Waals surface area contributed by atoms with E-state index in [4.69, 9.17) is 43.6 Å². The van der Waals surface area contributed by atoms with Crippen LogP contribution in [-0.2, 0) is 75.7 Å². The molecular formula is C52H63NO9. The van der Waals surface area contributed by atoms with Crippen LogP contribution in [0.25, 0.3) is 0 Å². The van der Waals surface area contributed by atoms with Gasteiger partial charge in [-0.3, -0.25) is 4.79 Å². The molecular weight excluding hydrogens is 783 g/mol. The average molecular weight is 846 g/mol. The van der Waals surface area contributed by atoms with Crippen molar-refractivity contribution in [3.05, 3.63) is 179 Å². The van der Waals surface area contributed by atoms with Gasteiger partial charge < -0.3 is 43.6 Å². The van der Waals surface area contributed by atoms with E-state index >= 15 is 0 Å². The van der Waals surface area contributed by atoms with Gasteiger partial charge in [0.25, 0.3) is 0 Å². The first-order valence-electron chi connectivity index (χ1n) is 21.8. The summed E-state index contributed by atoms with van der Waals surface area (Å²) in [6.45, 7) is 7.65. The van der Waals surface area contributed by atoms with Crippen molar-refractivity contribution in [3.8, 4) is 0 Å². The molecule has 1 aliphatic heterocycles. The van der Waals surface area contributed by atoms with Crippen molar-refractivity contribution in [2.75, 3.05) is 13.2 Å². The van der Waals surface area contributed by atoms with E-state index in [1.165, 1.54) is 0 Å². The molecule has 0 aromatic heterocycles. The van der Waals surface area contributed by atoms with Crippen LogP contribution in [0.5, 0.6) is 0 Å². The fraction of sp³-hybridized carbons (Fsp3) is 0.404. The van der Waals surface area contributed by atoms with Crippen molar-refractivity contribution < 1.29 is 42.7 Å². The minimum atomic E-state index is -0.946. The second-order valence-corrected chi connectivity index (χ2v) is 16.0. The molecule has 10 heteroatoms. The van der Waals surface area contributed by atoms with Gasteiger partial charge in [-0.15, -0.1) is 0 Å². The lowest BCUT2D eigenvalue weighted by Gasteiger charge is -2.46. The Hall–Kier alpha value is -4.75. The predicted octanol–water partition coefficient (Wildman–Crippen LogP) is 8.98. The molecule has 0 saturated carbocycles. The molecule has 1 saturated heterocycles. The predicted molar refractivity (Wildman–Crippen MR) is 238 cm³/mol. The lowest BCUT2D eigenvalue weighted by molar-refractivity contribution is -0.328. The van der Waals surface area contributed by atoms with E-state index in [1.807, 2.05) is 141 Å². The van der Waals surface area contributed by atoms with Gasteiger partial charge in [-0.2, -0.15) is 0 Å². The molecule has 330 valence electrons. The number of hydrogen-bond acceptors (Lipinski definition) is 10. The quantitative estimate of drug-likeness (QED) is 0.0571. The molecule has 6 rings (SSSR count). The molecule has 2 N–H and O–H groups in total. The molecule has 5 aromatic carbocycles. The summed E-state index contributed by atoms with van der Waals surface area (Å²) >= 11 is 0. The number of benzene rings is 5. The summed E-state index contributed by atoms with van der Waals surface area (Å²) in [4.78, 5) is 13.2. The molecule has 62 heavy (non-hydrogen) atoms. The number of carbonyl (C=O) groups is 1. The second kappa shape index (κ2) is 25.4. The SMILES string of the molecule is CC[C@@H](OCc1ccccc1)[C@H](CCO[C@H]1O[C@H](COC(=O)[C@@H](N)C(C)C)[C@H](OCc2ccccc2)[C@H](OCc2ccccc2)[C@H]1OCc1ccccc1)OCc1ccccc1. The number of carbonyl (C=O) groups excluding carboxylic acids is 1. The molecule has 5 aromatic rings. The van der Waals surface area contributed by atoms with Gasteiger partial charge in [-0.1, -0.05) is 172 Å². The number of esters is 1. The maximum atomic E-state index is 13.2. The molecule has 1 fully saturated rings. The van der Waals surface area contributed by atoms with E-state index in [0.717, 1.165) is 34.2 Å². The van der Waals surface area contributed by atoms with Gasteiger partial charge in [0.15, 0.2) is 6.29 Å². The minimum Gasteiger partial charge on any atom is -0.462 e. The number of hydrogen-bond donors (Lipinski definition) is 1. The average Bonchev–Trinajstić information content (AvgIpc) is 3.32. The Morgan fingerprint density at radius 1 is 0.548 bits per heavy atom. The van der Waals surface area contributed by atoms with Crippen LogP contribution < -0.4 is 5.73 Å².